The van der Waals surface area contributed by atoms with Crippen LogP contribution in [0.3, 0.4) is 0 Å². The van der Waals surface area contributed by atoms with Gasteiger partial charge in [-0.3, -0.25) is 14.6 Å². The monoisotopic (exact) mass is 720 g/mol. The van der Waals surface area contributed by atoms with Gasteiger partial charge in [-0.15, -0.1) is 0 Å². The molecule has 8 rings (SSSR count). The van der Waals surface area contributed by atoms with Crippen molar-refractivity contribution in [3.05, 3.63) is 87.7 Å². The Labute approximate surface area is 305 Å². The number of fused-ring (bicyclic) bond motifs is 2. The van der Waals surface area contributed by atoms with Crippen molar-refractivity contribution in [3.8, 4) is 40.4 Å². The number of hydrogen-bond donors (Lipinski definition) is 2. The molecule has 0 bridgehead atoms. The summed E-state index contributed by atoms with van der Waals surface area (Å²) in [6.07, 6.45) is 3.96. The highest BCUT2D eigenvalue weighted by atomic mass is 35.5. The topological polar surface area (TPSA) is 158 Å². The first-order valence-corrected chi connectivity index (χ1v) is 17.8. The number of aromatic nitrogens is 3. The van der Waals surface area contributed by atoms with Crippen molar-refractivity contribution in [2.24, 2.45) is 5.92 Å². The minimum atomic E-state index is -0.780. The average Bonchev–Trinajstić information content (AvgIpc) is 3.96. The number of hydrogen-bond acceptors (Lipinski definition) is 11. The molecule has 2 aliphatic heterocycles. The third-order valence-electron chi connectivity index (χ3n) is 10.3. The molecule has 0 radical (unpaired) electrons. The molecule has 52 heavy (non-hydrogen) atoms. The van der Waals surface area contributed by atoms with Gasteiger partial charge in [-0.1, -0.05) is 41.9 Å². The molecule has 13 heteroatoms. The zero-order valence-corrected chi connectivity index (χ0v) is 29.3. The number of likely N-dealkylation sites (tertiary alicyclic amines) is 2. The number of carbonyl (C=O) groups is 1. The zero-order chi connectivity index (χ0) is 35.9. The summed E-state index contributed by atoms with van der Waals surface area (Å²) in [5.41, 5.74) is 7.49. The highest BCUT2D eigenvalue weighted by Gasteiger charge is 2.30. The van der Waals surface area contributed by atoms with Crippen molar-refractivity contribution in [2.75, 3.05) is 33.3 Å². The van der Waals surface area contributed by atoms with Crippen LogP contribution in [0.2, 0.25) is 5.02 Å². The molecule has 3 aliphatic rings. The largest absolute Gasteiger partial charge is 0.481 e. The predicted octanol–water partition coefficient (Wildman–Crippen LogP) is 6.02. The minimum Gasteiger partial charge on any atom is -0.481 e. The van der Waals surface area contributed by atoms with Gasteiger partial charge in [0.05, 0.1) is 41.5 Å². The van der Waals surface area contributed by atoms with E-state index in [0.717, 1.165) is 53.6 Å². The van der Waals surface area contributed by atoms with Gasteiger partial charge in [0.2, 0.25) is 17.7 Å². The zero-order valence-electron chi connectivity index (χ0n) is 28.6. The Morgan fingerprint density at radius 1 is 1.04 bits per heavy atom. The van der Waals surface area contributed by atoms with Gasteiger partial charge in [-0.25, -0.2) is 9.97 Å². The summed E-state index contributed by atoms with van der Waals surface area (Å²) in [5.74, 6) is -0.0564. The molecule has 2 saturated heterocycles. The molecule has 4 heterocycles. The molecule has 0 unspecified atom stereocenters. The number of carboxylic acid groups (broad SMARTS) is 1. The Hall–Kier alpha value is -5.06. The Morgan fingerprint density at radius 3 is 2.60 bits per heavy atom. The lowest BCUT2D eigenvalue weighted by Gasteiger charge is -2.18. The van der Waals surface area contributed by atoms with E-state index in [2.05, 4.69) is 38.0 Å². The summed E-state index contributed by atoms with van der Waals surface area (Å²) >= 11 is 7.15. The molecule has 0 spiro atoms. The fourth-order valence-electron chi connectivity index (χ4n) is 7.74. The number of ether oxygens (including phenoxy) is 2. The van der Waals surface area contributed by atoms with Crippen molar-refractivity contribution < 1.29 is 28.9 Å². The summed E-state index contributed by atoms with van der Waals surface area (Å²) in [4.78, 5) is 29.7. The number of rotatable bonds is 10. The van der Waals surface area contributed by atoms with Crippen LogP contribution in [0.5, 0.6) is 11.8 Å². The molecule has 12 nitrogen and oxygen atoms in total. The molecule has 2 N–H and O–H groups in total. The van der Waals surface area contributed by atoms with Gasteiger partial charge >= 0.3 is 5.97 Å². The summed E-state index contributed by atoms with van der Waals surface area (Å²) < 4.78 is 18.2. The van der Waals surface area contributed by atoms with E-state index in [-0.39, 0.29) is 18.1 Å². The Bertz CT molecular complexity index is 2220. The maximum absolute atomic E-state index is 11.4. The van der Waals surface area contributed by atoms with Crippen LogP contribution >= 0.6 is 11.6 Å². The van der Waals surface area contributed by atoms with E-state index in [1.165, 1.54) is 0 Å². The summed E-state index contributed by atoms with van der Waals surface area (Å²) in [6, 6.07) is 17.8. The maximum atomic E-state index is 11.4. The normalized spacial score (nSPS) is 20.3. The van der Waals surface area contributed by atoms with Crippen LogP contribution in [0.4, 0.5) is 0 Å². The van der Waals surface area contributed by atoms with E-state index in [0.29, 0.717) is 89.7 Å². The van der Waals surface area contributed by atoms with Crippen molar-refractivity contribution >= 4 is 28.7 Å². The van der Waals surface area contributed by atoms with E-state index >= 15 is 0 Å². The lowest BCUT2D eigenvalue weighted by Crippen LogP contribution is -2.22. The predicted molar refractivity (Wildman–Crippen MR) is 192 cm³/mol. The molecule has 3 aromatic carbocycles. The molecule has 2 fully saturated rings. The lowest BCUT2D eigenvalue weighted by molar-refractivity contribution is -0.141. The standard InChI is InChI=1S/C39H37ClN6O6/c1-50-38-32(21-46-13-11-25(47)20-46)42-17-34(44-38)51-33-9-8-27-26(4-2-5-28(27)33)29-6-3-7-30(35(29)40)37-43-31-15-22(14-24(16-41)36(31)52-37)18-45-12-10-23(19-45)39(48)49/h2-7,14-15,17,23,25,33,47H,8-13,18-21H2,1H3,(H,48,49)/t23-,25-,33-/m1/s1. The molecule has 266 valence electrons. The molecule has 1 aliphatic carbocycles. The number of aliphatic hydroxyl groups is 1. The first-order valence-electron chi connectivity index (χ1n) is 17.4. The molecule has 2 aromatic heterocycles. The number of methoxy groups -OCH3 is 1. The third kappa shape index (κ3) is 6.57. The molecule has 0 amide bonds. The van der Waals surface area contributed by atoms with E-state index in [4.69, 9.17) is 30.5 Å². The quantitative estimate of drug-likeness (QED) is 0.173. The highest BCUT2D eigenvalue weighted by Crippen LogP contribution is 2.44. The maximum Gasteiger partial charge on any atom is 0.307 e. The fourth-order valence-corrected chi connectivity index (χ4v) is 8.05. The van der Waals surface area contributed by atoms with Crippen LogP contribution in [-0.2, 0) is 24.3 Å². The van der Waals surface area contributed by atoms with Gasteiger partial charge in [0, 0.05) is 38.3 Å². The smallest absolute Gasteiger partial charge is 0.307 e. The number of halogens is 1. The number of carboxylic acids is 1. The van der Waals surface area contributed by atoms with Crippen LogP contribution in [0, 0.1) is 17.2 Å². The summed E-state index contributed by atoms with van der Waals surface area (Å²) in [6.45, 7) is 3.62. The van der Waals surface area contributed by atoms with Crippen molar-refractivity contribution in [1.82, 2.24) is 24.8 Å². The molecule has 3 atom stereocenters. The van der Waals surface area contributed by atoms with Crippen LogP contribution in [-0.4, -0.2) is 80.3 Å². The minimum absolute atomic E-state index is 0.235. The van der Waals surface area contributed by atoms with E-state index in [1.807, 2.05) is 30.3 Å². The Kier molecular flexibility index (Phi) is 9.27. The van der Waals surface area contributed by atoms with Crippen LogP contribution in [0.25, 0.3) is 33.7 Å². The molecular weight excluding hydrogens is 684 g/mol. The summed E-state index contributed by atoms with van der Waals surface area (Å²) in [7, 11) is 1.57. The molecular formula is C39H37ClN6O6. The average molecular weight is 721 g/mol. The number of oxazole rings is 1. The summed E-state index contributed by atoms with van der Waals surface area (Å²) in [5, 5.41) is 29.8. The number of aliphatic carboxylic acids is 1. The molecule has 5 aromatic rings. The Balaban J connectivity index is 1.04. The SMILES string of the molecule is COc1nc(O[C@@H]2CCc3c(-c4cccc(-c5nc6cc(CN7CC[C@@H](C(=O)O)C7)cc(C#N)c6o5)c4Cl)cccc32)cnc1CN1CC[C@@H](O)C1. The third-order valence-corrected chi connectivity index (χ3v) is 10.7. The van der Waals surface area contributed by atoms with Crippen LogP contribution in [0.15, 0.2) is 59.1 Å². The first-order chi connectivity index (χ1) is 25.3. The van der Waals surface area contributed by atoms with Gasteiger partial charge in [0.25, 0.3) is 0 Å². The second kappa shape index (κ2) is 14.2. The van der Waals surface area contributed by atoms with Crippen molar-refractivity contribution in [2.45, 2.75) is 51.0 Å². The number of β-amino-alcohol motifs (C(OH)–C–C–N with tert-alkyl or cyclic N) is 1. The van der Waals surface area contributed by atoms with Gasteiger partial charge < -0.3 is 24.1 Å². The van der Waals surface area contributed by atoms with E-state index < -0.39 is 5.97 Å². The number of benzene rings is 3. The fraction of sp³-hybridized carbons (Fsp3) is 0.359. The van der Waals surface area contributed by atoms with Crippen LogP contribution in [0.1, 0.15) is 53.3 Å². The van der Waals surface area contributed by atoms with Gasteiger partial charge in [-0.05, 0) is 72.7 Å². The number of nitriles is 1. The van der Waals surface area contributed by atoms with Gasteiger partial charge in [0.1, 0.15) is 23.4 Å². The number of nitrogens with zero attached hydrogens (tertiary/aromatic N) is 6. The van der Waals surface area contributed by atoms with Crippen LogP contribution < -0.4 is 9.47 Å². The van der Waals surface area contributed by atoms with E-state index in [9.17, 15) is 20.3 Å². The second-order valence-electron chi connectivity index (χ2n) is 13.7. The lowest BCUT2D eigenvalue weighted by atomic mass is 9.95. The molecule has 0 saturated carbocycles. The van der Waals surface area contributed by atoms with Gasteiger partial charge in [0.15, 0.2) is 5.58 Å². The first kappa shape index (κ1) is 34.0. The van der Waals surface area contributed by atoms with Gasteiger partial charge in [-0.2, -0.15) is 10.2 Å². The van der Waals surface area contributed by atoms with Crippen molar-refractivity contribution in [1.29, 1.82) is 5.26 Å². The number of aliphatic hydroxyl groups excluding tert-OH is 1. The van der Waals surface area contributed by atoms with Crippen molar-refractivity contribution in [3.63, 3.8) is 0 Å². The Morgan fingerprint density at radius 2 is 1.83 bits per heavy atom. The van der Waals surface area contributed by atoms with E-state index in [1.54, 1.807) is 19.4 Å². The second-order valence-corrected chi connectivity index (χ2v) is 14.1. The highest BCUT2D eigenvalue weighted by molar-refractivity contribution is 6.36.